The van der Waals surface area contributed by atoms with E-state index >= 15 is 0 Å². The molecule has 8 heteroatoms. The molecule has 2 amide bonds. The Kier molecular flexibility index (Phi) is 6.01. The molecule has 0 aliphatic rings. The SMILES string of the molecule is CC(Oc1ccc(F)cc1)C(=O)NNC(=O)Cc1cnn(-c2ccccc2)c1. The summed E-state index contributed by atoms with van der Waals surface area (Å²) in [6.45, 7) is 1.52. The van der Waals surface area contributed by atoms with Gasteiger partial charge in [-0.25, -0.2) is 9.07 Å². The highest BCUT2D eigenvalue weighted by Gasteiger charge is 2.16. The summed E-state index contributed by atoms with van der Waals surface area (Å²) in [6.07, 6.45) is 2.53. The van der Waals surface area contributed by atoms with Crippen molar-refractivity contribution in [3.05, 3.63) is 78.4 Å². The summed E-state index contributed by atoms with van der Waals surface area (Å²) >= 11 is 0. The second kappa shape index (κ2) is 8.81. The van der Waals surface area contributed by atoms with Crippen LogP contribution in [0, 0.1) is 5.82 Å². The molecule has 144 valence electrons. The lowest BCUT2D eigenvalue weighted by molar-refractivity contribution is -0.132. The van der Waals surface area contributed by atoms with Crippen LogP contribution in [0.2, 0.25) is 0 Å². The lowest BCUT2D eigenvalue weighted by atomic mass is 10.2. The number of ether oxygens (including phenoxy) is 1. The molecule has 0 aliphatic heterocycles. The molecule has 0 bridgehead atoms. The number of benzene rings is 2. The first-order valence-corrected chi connectivity index (χ1v) is 8.61. The summed E-state index contributed by atoms with van der Waals surface area (Å²) in [6, 6.07) is 14.8. The zero-order chi connectivity index (χ0) is 19.9. The van der Waals surface area contributed by atoms with Crippen molar-refractivity contribution in [1.82, 2.24) is 20.6 Å². The van der Waals surface area contributed by atoms with Crippen LogP contribution in [0.1, 0.15) is 12.5 Å². The van der Waals surface area contributed by atoms with Gasteiger partial charge in [-0.05, 0) is 48.9 Å². The molecular formula is C20H19FN4O3. The molecule has 3 rings (SSSR count). The highest BCUT2D eigenvalue weighted by molar-refractivity contribution is 5.85. The second-order valence-corrected chi connectivity index (χ2v) is 6.06. The minimum Gasteiger partial charge on any atom is -0.481 e. The van der Waals surface area contributed by atoms with E-state index in [1.807, 2.05) is 30.3 Å². The molecule has 3 aromatic rings. The van der Waals surface area contributed by atoms with Crippen molar-refractivity contribution in [2.24, 2.45) is 0 Å². The van der Waals surface area contributed by atoms with Crippen molar-refractivity contribution < 1.29 is 18.7 Å². The lowest BCUT2D eigenvalue weighted by Gasteiger charge is -2.15. The Balaban J connectivity index is 1.46. The minimum atomic E-state index is -0.869. The molecule has 2 aromatic carbocycles. The van der Waals surface area contributed by atoms with Crippen LogP contribution in [-0.2, 0) is 16.0 Å². The van der Waals surface area contributed by atoms with Crippen molar-refractivity contribution in [3.63, 3.8) is 0 Å². The zero-order valence-electron chi connectivity index (χ0n) is 15.1. The van der Waals surface area contributed by atoms with Crippen LogP contribution >= 0.6 is 0 Å². The molecule has 7 nitrogen and oxygen atoms in total. The van der Waals surface area contributed by atoms with Gasteiger partial charge in [0, 0.05) is 6.20 Å². The molecule has 2 N–H and O–H groups in total. The fraction of sp³-hybridized carbons (Fsp3) is 0.150. The molecular weight excluding hydrogens is 363 g/mol. The Morgan fingerprint density at radius 2 is 1.82 bits per heavy atom. The number of carbonyl (C=O) groups is 2. The number of aromatic nitrogens is 2. The maximum atomic E-state index is 12.9. The van der Waals surface area contributed by atoms with Gasteiger partial charge in [0.25, 0.3) is 5.91 Å². The van der Waals surface area contributed by atoms with Crippen molar-refractivity contribution in [2.75, 3.05) is 0 Å². The van der Waals surface area contributed by atoms with Gasteiger partial charge < -0.3 is 4.74 Å². The predicted octanol–water partition coefficient (Wildman–Crippen LogP) is 2.17. The van der Waals surface area contributed by atoms with Gasteiger partial charge in [0.05, 0.1) is 18.3 Å². The number of hydrogen-bond donors (Lipinski definition) is 2. The van der Waals surface area contributed by atoms with E-state index in [4.69, 9.17) is 4.74 Å². The molecule has 0 radical (unpaired) electrons. The molecule has 0 spiro atoms. The van der Waals surface area contributed by atoms with Gasteiger partial charge in [-0.3, -0.25) is 20.4 Å². The van der Waals surface area contributed by atoms with Crippen LogP contribution in [-0.4, -0.2) is 27.7 Å². The van der Waals surface area contributed by atoms with E-state index in [1.54, 1.807) is 17.1 Å². The number of hydrazine groups is 1. The van der Waals surface area contributed by atoms with Crippen LogP contribution in [0.15, 0.2) is 67.0 Å². The van der Waals surface area contributed by atoms with Crippen molar-refractivity contribution in [2.45, 2.75) is 19.4 Å². The minimum absolute atomic E-state index is 0.0559. The van der Waals surface area contributed by atoms with E-state index in [0.717, 1.165) is 5.69 Å². The quantitative estimate of drug-likeness (QED) is 0.640. The number of hydrogen-bond acceptors (Lipinski definition) is 4. The summed E-state index contributed by atoms with van der Waals surface area (Å²) in [4.78, 5) is 24.1. The van der Waals surface area contributed by atoms with Crippen molar-refractivity contribution >= 4 is 11.8 Å². The van der Waals surface area contributed by atoms with Gasteiger partial charge in [-0.15, -0.1) is 0 Å². The van der Waals surface area contributed by atoms with E-state index in [9.17, 15) is 14.0 Å². The molecule has 0 saturated carbocycles. The third kappa shape index (κ3) is 5.16. The number of nitrogens with one attached hydrogen (secondary N) is 2. The first kappa shape index (κ1) is 19.1. The Labute approximate surface area is 161 Å². The predicted molar refractivity (Wildman–Crippen MR) is 100 cm³/mol. The summed E-state index contributed by atoms with van der Waals surface area (Å²) in [5.74, 6) is -0.969. The van der Waals surface area contributed by atoms with Gasteiger partial charge in [0.2, 0.25) is 5.91 Å². The number of nitrogens with zero attached hydrogens (tertiary/aromatic N) is 2. The first-order chi connectivity index (χ1) is 13.5. The number of halogens is 1. The van der Waals surface area contributed by atoms with Crippen LogP contribution in [0.25, 0.3) is 5.69 Å². The molecule has 0 saturated heterocycles. The zero-order valence-corrected chi connectivity index (χ0v) is 15.1. The third-order valence-electron chi connectivity index (χ3n) is 3.84. The normalized spacial score (nSPS) is 11.5. The number of para-hydroxylation sites is 1. The van der Waals surface area contributed by atoms with Crippen molar-refractivity contribution in [1.29, 1.82) is 0 Å². The molecule has 28 heavy (non-hydrogen) atoms. The van der Waals surface area contributed by atoms with E-state index in [2.05, 4.69) is 16.0 Å². The summed E-state index contributed by atoms with van der Waals surface area (Å²) in [5, 5.41) is 4.22. The topological polar surface area (TPSA) is 85.2 Å². The highest BCUT2D eigenvalue weighted by atomic mass is 19.1. The van der Waals surface area contributed by atoms with Crippen LogP contribution < -0.4 is 15.6 Å². The maximum absolute atomic E-state index is 12.9. The number of carbonyl (C=O) groups excluding carboxylic acids is 2. The Bertz CT molecular complexity index is 942. The van der Waals surface area contributed by atoms with Gasteiger partial charge in [-0.2, -0.15) is 5.10 Å². The van der Waals surface area contributed by atoms with E-state index < -0.39 is 23.7 Å². The summed E-state index contributed by atoms with van der Waals surface area (Å²) < 4.78 is 19.9. The Morgan fingerprint density at radius 3 is 2.54 bits per heavy atom. The van der Waals surface area contributed by atoms with E-state index in [0.29, 0.717) is 11.3 Å². The third-order valence-corrected chi connectivity index (χ3v) is 3.84. The average molecular weight is 382 g/mol. The van der Waals surface area contributed by atoms with Crippen LogP contribution in [0.5, 0.6) is 5.75 Å². The Morgan fingerprint density at radius 1 is 1.11 bits per heavy atom. The second-order valence-electron chi connectivity index (χ2n) is 6.06. The molecule has 0 fully saturated rings. The maximum Gasteiger partial charge on any atom is 0.279 e. The van der Waals surface area contributed by atoms with Gasteiger partial charge in [0.15, 0.2) is 6.10 Å². The fourth-order valence-electron chi connectivity index (χ4n) is 2.41. The van der Waals surface area contributed by atoms with Gasteiger partial charge >= 0.3 is 0 Å². The van der Waals surface area contributed by atoms with Gasteiger partial charge in [-0.1, -0.05) is 18.2 Å². The van der Waals surface area contributed by atoms with Crippen molar-refractivity contribution in [3.8, 4) is 11.4 Å². The summed E-state index contributed by atoms with van der Waals surface area (Å²) in [7, 11) is 0. The number of rotatable bonds is 6. The highest BCUT2D eigenvalue weighted by Crippen LogP contribution is 2.13. The van der Waals surface area contributed by atoms with Gasteiger partial charge in [0.1, 0.15) is 11.6 Å². The molecule has 1 atom stereocenters. The Hall–Kier alpha value is -3.68. The molecule has 1 heterocycles. The smallest absolute Gasteiger partial charge is 0.279 e. The van der Waals surface area contributed by atoms with Crippen LogP contribution in [0.3, 0.4) is 0 Å². The van der Waals surface area contributed by atoms with E-state index in [1.165, 1.54) is 31.2 Å². The largest absolute Gasteiger partial charge is 0.481 e. The number of amides is 2. The van der Waals surface area contributed by atoms with E-state index in [-0.39, 0.29) is 6.42 Å². The molecule has 1 unspecified atom stereocenters. The summed E-state index contributed by atoms with van der Waals surface area (Å²) in [5.41, 5.74) is 6.23. The lowest BCUT2D eigenvalue weighted by Crippen LogP contribution is -2.47. The fourth-order valence-corrected chi connectivity index (χ4v) is 2.41. The van der Waals surface area contributed by atoms with Crippen LogP contribution in [0.4, 0.5) is 4.39 Å². The monoisotopic (exact) mass is 382 g/mol. The molecule has 0 aliphatic carbocycles. The average Bonchev–Trinajstić information content (AvgIpc) is 3.17. The molecule has 1 aromatic heterocycles. The first-order valence-electron chi connectivity index (χ1n) is 8.61. The standard InChI is InChI=1S/C20H19FN4O3/c1-14(28-18-9-7-16(21)8-10-18)20(27)24-23-19(26)11-15-12-22-25(13-15)17-5-3-2-4-6-17/h2-10,12-14H,11H2,1H3,(H,23,26)(H,24,27).